The Hall–Kier alpha value is -0.900. The van der Waals surface area contributed by atoms with Gasteiger partial charge in [0.1, 0.15) is 6.33 Å². The molecule has 1 N–H and O–H groups in total. The molecule has 78 valence electrons. The highest BCUT2D eigenvalue weighted by atomic mass is 15.3. The maximum absolute atomic E-state index is 4.24. The Balaban J connectivity index is 1.67. The molecule has 14 heavy (non-hydrogen) atoms. The summed E-state index contributed by atoms with van der Waals surface area (Å²) in [6, 6.07) is 0.749. The summed E-state index contributed by atoms with van der Waals surface area (Å²) in [6.45, 7) is 1.01. The van der Waals surface area contributed by atoms with Crippen LogP contribution in [0.4, 0.5) is 0 Å². The predicted molar refractivity (Wildman–Crippen MR) is 55.0 cm³/mol. The summed E-state index contributed by atoms with van der Waals surface area (Å²) in [4.78, 5) is 4.19. The summed E-state index contributed by atoms with van der Waals surface area (Å²) < 4.78 is 1.75. The van der Waals surface area contributed by atoms with Crippen molar-refractivity contribution in [1.82, 2.24) is 20.1 Å². The third-order valence-electron chi connectivity index (χ3n) is 2.78. The van der Waals surface area contributed by atoms with Crippen molar-refractivity contribution >= 4 is 0 Å². The van der Waals surface area contributed by atoms with Crippen LogP contribution in [0, 0.1) is 0 Å². The minimum Gasteiger partial charge on any atom is -0.314 e. The van der Waals surface area contributed by atoms with Crippen molar-refractivity contribution in [3.63, 3.8) is 0 Å². The van der Waals surface area contributed by atoms with Gasteiger partial charge in [-0.25, -0.2) is 4.98 Å². The molecule has 0 aromatic carbocycles. The van der Waals surface area contributed by atoms with Crippen molar-refractivity contribution in [2.45, 2.75) is 38.1 Å². The fourth-order valence-corrected chi connectivity index (χ4v) is 2.02. The van der Waals surface area contributed by atoms with E-state index in [4.69, 9.17) is 0 Å². The minimum atomic E-state index is 0.749. The predicted octanol–water partition coefficient (Wildman–Crippen LogP) is 0.890. The van der Waals surface area contributed by atoms with Gasteiger partial charge in [-0.3, -0.25) is 4.68 Å². The molecule has 1 fully saturated rings. The molecule has 1 aromatic heterocycles. The highest BCUT2D eigenvalue weighted by molar-refractivity contribution is 4.83. The quantitative estimate of drug-likeness (QED) is 0.774. The molecule has 0 bridgehead atoms. The van der Waals surface area contributed by atoms with Crippen LogP contribution < -0.4 is 5.32 Å². The first-order chi connectivity index (χ1) is 6.84. The van der Waals surface area contributed by atoms with Gasteiger partial charge in [-0.05, 0) is 12.8 Å². The number of aryl methyl sites for hydroxylation is 1. The van der Waals surface area contributed by atoms with E-state index in [1.165, 1.54) is 25.7 Å². The van der Waals surface area contributed by atoms with Crippen LogP contribution in [0.15, 0.2) is 6.33 Å². The second-order valence-electron chi connectivity index (χ2n) is 4.02. The Bertz CT molecular complexity index is 275. The topological polar surface area (TPSA) is 42.7 Å². The second kappa shape index (κ2) is 4.55. The molecule has 4 heteroatoms. The van der Waals surface area contributed by atoms with Gasteiger partial charge in [0.25, 0.3) is 0 Å². The molecule has 0 aliphatic heterocycles. The van der Waals surface area contributed by atoms with Crippen LogP contribution in [0.3, 0.4) is 0 Å². The number of hydrogen-bond donors (Lipinski definition) is 1. The van der Waals surface area contributed by atoms with E-state index in [2.05, 4.69) is 15.4 Å². The average molecular weight is 194 g/mol. The third-order valence-corrected chi connectivity index (χ3v) is 2.78. The highest BCUT2D eigenvalue weighted by Gasteiger charge is 2.13. The minimum absolute atomic E-state index is 0.749. The van der Waals surface area contributed by atoms with Gasteiger partial charge in [-0.1, -0.05) is 12.8 Å². The van der Waals surface area contributed by atoms with Crippen LogP contribution >= 0.6 is 0 Å². The smallest absolute Gasteiger partial charge is 0.151 e. The number of nitrogens with zero attached hydrogens (tertiary/aromatic N) is 3. The van der Waals surface area contributed by atoms with E-state index in [9.17, 15) is 0 Å². The van der Waals surface area contributed by atoms with Crippen LogP contribution in [-0.2, 0) is 13.5 Å². The van der Waals surface area contributed by atoms with E-state index >= 15 is 0 Å². The number of hydrogen-bond acceptors (Lipinski definition) is 3. The third kappa shape index (κ3) is 2.54. The first kappa shape index (κ1) is 9.65. The van der Waals surface area contributed by atoms with E-state index in [1.807, 2.05) is 7.05 Å². The van der Waals surface area contributed by atoms with Gasteiger partial charge < -0.3 is 5.32 Å². The van der Waals surface area contributed by atoms with Crippen molar-refractivity contribution in [2.75, 3.05) is 6.54 Å². The average Bonchev–Trinajstić information content (AvgIpc) is 2.77. The van der Waals surface area contributed by atoms with E-state index in [1.54, 1.807) is 11.0 Å². The molecule has 1 heterocycles. The largest absolute Gasteiger partial charge is 0.314 e. The molecule has 1 aliphatic rings. The lowest BCUT2D eigenvalue weighted by atomic mass is 10.2. The molecule has 4 nitrogen and oxygen atoms in total. The van der Waals surface area contributed by atoms with Gasteiger partial charge in [0.2, 0.25) is 0 Å². The Labute approximate surface area is 84.7 Å². The molecule has 0 atom stereocenters. The molecular weight excluding hydrogens is 176 g/mol. The summed E-state index contributed by atoms with van der Waals surface area (Å²) in [7, 11) is 1.90. The van der Waals surface area contributed by atoms with Gasteiger partial charge in [-0.2, -0.15) is 5.10 Å². The Morgan fingerprint density at radius 3 is 2.93 bits per heavy atom. The summed E-state index contributed by atoms with van der Waals surface area (Å²) in [5.74, 6) is 0.943. The van der Waals surface area contributed by atoms with Crippen molar-refractivity contribution < 1.29 is 0 Å². The SMILES string of the molecule is Cn1cnc(CCNC2CCCC2)n1. The van der Waals surface area contributed by atoms with Gasteiger partial charge in [0, 0.05) is 26.1 Å². The summed E-state index contributed by atoms with van der Waals surface area (Å²) in [5, 5.41) is 7.79. The normalized spacial score (nSPS) is 17.8. The fraction of sp³-hybridized carbons (Fsp3) is 0.800. The Kier molecular flexibility index (Phi) is 3.14. The molecule has 0 saturated heterocycles. The van der Waals surface area contributed by atoms with Gasteiger partial charge in [0.05, 0.1) is 0 Å². The second-order valence-corrected chi connectivity index (χ2v) is 4.02. The van der Waals surface area contributed by atoms with Crippen LogP contribution in [0.1, 0.15) is 31.5 Å². The lowest BCUT2D eigenvalue weighted by Gasteiger charge is -2.09. The maximum Gasteiger partial charge on any atom is 0.151 e. The molecule has 1 aromatic rings. The molecule has 2 rings (SSSR count). The van der Waals surface area contributed by atoms with Crippen molar-refractivity contribution in [3.8, 4) is 0 Å². The van der Waals surface area contributed by atoms with Crippen LogP contribution in [0.25, 0.3) is 0 Å². The number of nitrogens with one attached hydrogen (secondary N) is 1. The zero-order valence-corrected chi connectivity index (χ0v) is 8.74. The van der Waals surface area contributed by atoms with Crippen molar-refractivity contribution in [1.29, 1.82) is 0 Å². The zero-order valence-electron chi connectivity index (χ0n) is 8.74. The van der Waals surface area contributed by atoms with E-state index in [-0.39, 0.29) is 0 Å². The van der Waals surface area contributed by atoms with E-state index in [0.29, 0.717) is 0 Å². The summed E-state index contributed by atoms with van der Waals surface area (Å²) >= 11 is 0. The fourth-order valence-electron chi connectivity index (χ4n) is 2.02. The van der Waals surface area contributed by atoms with Gasteiger partial charge >= 0.3 is 0 Å². The molecule has 1 aliphatic carbocycles. The molecule has 0 unspecified atom stereocenters. The van der Waals surface area contributed by atoms with E-state index < -0.39 is 0 Å². The van der Waals surface area contributed by atoms with Crippen molar-refractivity contribution in [3.05, 3.63) is 12.2 Å². The van der Waals surface area contributed by atoms with Gasteiger partial charge in [0.15, 0.2) is 5.82 Å². The molecule has 1 saturated carbocycles. The highest BCUT2D eigenvalue weighted by Crippen LogP contribution is 2.17. The molecule has 0 radical (unpaired) electrons. The number of rotatable bonds is 4. The van der Waals surface area contributed by atoms with E-state index in [0.717, 1.165) is 24.8 Å². The monoisotopic (exact) mass is 194 g/mol. The number of aromatic nitrogens is 3. The maximum atomic E-state index is 4.24. The molecule has 0 spiro atoms. The standard InChI is InChI=1S/C10H18N4/c1-14-8-12-10(13-14)6-7-11-9-4-2-3-5-9/h8-9,11H,2-7H2,1H3. The van der Waals surface area contributed by atoms with Crippen molar-refractivity contribution in [2.24, 2.45) is 7.05 Å². The Morgan fingerprint density at radius 2 is 2.29 bits per heavy atom. The molecular formula is C10H18N4. The first-order valence-corrected chi connectivity index (χ1v) is 5.42. The summed E-state index contributed by atoms with van der Waals surface area (Å²) in [5.41, 5.74) is 0. The van der Waals surface area contributed by atoms with Crippen LogP contribution in [0.5, 0.6) is 0 Å². The van der Waals surface area contributed by atoms with Gasteiger partial charge in [-0.15, -0.1) is 0 Å². The Morgan fingerprint density at radius 1 is 1.50 bits per heavy atom. The summed E-state index contributed by atoms with van der Waals surface area (Å²) in [6.07, 6.45) is 8.16. The van der Waals surface area contributed by atoms with Crippen LogP contribution in [0.2, 0.25) is 0 Å². The molecule has 0 amide bonds. The lowest BCUT2D eigenvalue weighted by molar-refractivity contribution is 0.523. The van der Waals surface area contributed by atoms with Crippen LogP contribution in [-0.4, -0.2) is 27.4 Å². The zero-order chi connectivity index (χ0) is 9.80. The lowest BCUT2D eigenvalue weighted by Crippen LogP contribution is -2.28. The first-order valence-electron chi connectivity index (χ1n) is 5.42.